The van der Waals surface area contributed by atoms with Gasteiger partial charge in [0, 0.05) is 49.1 Å². The summed E-state index contributed by atoms with van der Waals surface area (Å²) < 4.78 is 7.75. The van der Waals surface area contributed by atoms with Crippen molar-refractivity contribution in [3.05, 3.63) is 94.3 Å². The Morgan fingerprint density at radius 3 is 2.55 bits per heavy atom. The number of carbonyl (C=O) groups is 1. The van der Waals surface area contributed by atoms with Gasteiger partial charge in [-0.05, 0) is 39.6 Å². The number of fused-ring (bicyclic) bond motifs is 1. The fourth-order valence-corrected chi connectivity index (χ4v) is 5.18. The van der Waals surface area contributed by atoms with E-state index in [9.17, 15) is 4.79 Å². The maximum atomic E-state index is 13.2. The van der Waals surface area contributed by atoms with Crippen LogP contribution in [0, 0.1) is 0 Å². The summed E-state index contributed by atoms with van der Waals surface area (Å²) in [5, 5.41) is 5.51. The van der Waals surface area contributed by atoms with E-state index >= 15 is 0 Å². The maximum Gasteiger partial charge on any atom is 0.223 e. The molecule has 1 aliphatic heterocycles. The zero-order valence-electron chi connectivity index (χ0n) is 17.4. The summed E-state index contributed by atoms with van der Waals surface area (Å²) in [4.78, 5) is 15.1. The van der Waals surface area contributed by atoms with Crippen LogP contribution in [0.5, 0.6) is 0 Å². The highest BCUT2D eigenvalue weighted by Gasteiger charge is 2.26. The molecule has 0 N–H and O–H groups in total. The number of carbonyl (C=O) groups excluding carboxylic acids is 1. The van der Waals surface area contributed by atoms with Gasteiger partial charge in [0.2, 0.25) is 5.91 Å². The Labute approximate surface area is 186 Å². The van der Waals surface area contributed by atoms with Gasteiger partial charge in [-0.3, -0.25) is 4.79 Å². The van der Waals surface area contributed by atoms with Gasteiger partial charge in [0.1, 0.15) is 0 Å². The molecule has 0 radical (unpaired) electrons. The highest BCUT2D eigenvalue weighted by molar-refractivity contribution is 7.08. The van der Waals surface area contributed by atoms with E-state index in [0.717, 1.165) is 6.54 Å². The van der Waals surface area contributed by atoms with Crippen molar-refractivity contribution >= 4 is 28.1 Å². The summed E-state index contributed by atoms with van der Waals surface area (Å²) in [6.07, 6.45) is 2.74. The van der Waals surface area contributed by atoms with Crippen LogP contribution in [0.15, 0.2) is 77.6 Å². The third-order valence-electron chi connectivity index (χ3n) is 6.08. The molecule has 0 saturated carbocycles. The Bertz CT molecular complexity index is 1140. The van der Waals surface area contributed by atoms with Crippen molar-refractivity contribution in [2.75, 3.05) is 26.3 Å². The second kappa shape index (κ2) is 9.08. The summed E-state index contributed by atoms with van der Waals surface area (Å²) in [5.41, 5.74) is 4.92. The summed E-state index contributed by atoms with van der Waals surface area (Å²) in [6.45, 7) is 3.45. The molecule has 2 aromatic carbocycles. The van der Waals surface area contributed by atoms with Gasteiger partial charge in [-0.2, -0.15) is 11.3 Å². The Morgan fingerprint density at radius 2 is 1.77 bits per heavy atom. The Hall–Kier alpha value is -2.89. The van der Waals surface area contributed by atoms with Crippen LogP contribution >= 0.6 is 11.3 Å². The van der Waals surface area contributed by atoms with Crippen LogP contribution in [0.2, 0.25) is 0 Å². The molecule has 5 heteroatoms. The lowest BCUT2D eigenvalue weighted by Crippen LogP contribution is -2.41. The number of aromatic nitrogens is 1. The first-order chi connectivity index (χ1) is 15.3. The van der Waals surface area contributed by atoms with Crippen molar-refractivity contribution in [2.24, 2.45) is 0 Å². The van der Waals surface area contributed by atoms with Gasteiger partial charge in [0.25, 0.3) is 0 Å². The number of morpholine rings is 1. The lowest BCUT2D eigenvalue weighted by molar-refractivity contribution is -0.135. The first kappa shape index (κ1) is 20.0. The lowest BCUT2D eigenvalue weighted by atomic mass is 9.89. The van der Waals surface area contributed by atoms with E-state index in [0.29, 0.717) is 32.7 Å². The highest BCUT2D eigenvalue weighted by atomic mass is 32.1. The van der Waals surface area contributed by atoms with Gasteiger partial charge in [0.15, 0.2) is 0 Å². The number of ether oxygens (including phenoxy) is 1. The predicted molar refractivity (Wildman–Crippen MR) is 126 cm³/mol. The SMILES string of the molecule is O=C(CC(c1ccsc1)c1cn(Cc2ccccc2)c2ccccc12)N1CCOCC1. The Morgan fingerprint density at radius 1 is 1.00 bits per heavy atom. The van der Waals surface area contributed by atoms with Gasteiger partial charge in [-0.25, -0.2) is 0 Å². The molecular weight excluding hydrogens is 404 g/mol. The standard InChI is InChI=1S/C26H26N2O2S/c29-26(27-11-13-30-14-12-27)16-23(21-10-15-31-19-21)24-18-28(17-20-6-2-1-3-7-20)25-9-5-4-8-22(24)25/h1-10,15,18-19,23H,11-14,16-17H2. The molecule has 4 aromatic rings. The van der Waals surface area contributed by atoms with Crippen LogP contribution in [0.4, 0.5) is 0 Å². The van der Waals surface area contributed by atoms with Crippen molar-refractivity contribution < 1.29 is 9.53 Å². The second-order valence-corrected chi connectivity index (χ2v) is 8.80. The summed E-state index contributed by atoms with van der Waals surface area (Å²) in [5.74, 6) is 0.253. The van der Waals surface area contributed by atoms with Crippen molar-refractivity contribution in [1.29, 1.82) is 0 Å². The highest BCUT2D eigenvalue weighted by Crippen LogP contribution is 2.36. The molecule has 4 nitrogen and oxygen atoms in total. The number of hydrogen-bond donors (Lipinski definition) is 0. The fraction of sp³-hybridized carbons (Fsp3) is 0.269. The summed E-state index contributed by atoms with van der Waals surface area (Å²) >= 11 is 1.69. The Balaban J connectivity index is 1.53. The second-order valence-electron chi connectivity index (χ2n) is 8.02. The molecule has 31 heavy (non-hydrogen) atoms. The summed E-state index contributed by atoms with van der Waals surface area (Å²) in [7, 11) is 0. The molecular formula is C26H26N2O2S. The van der Waals surface area contributed by atoms with Gasteiger partial charge < -0.3 is 14.2 Å². The molecule has 0 spiro atoms. The molecule has 1 saturated heterocycles. The van der Waals surface area contributed by atoms with Crippen molar-refractivity contribution in [3.63, 3.8) is 0 Å². The van der Waals surface area contributed by atoms with E-state index < -0.39 is 0 Å². The predicted octanol–water partition coefficient (Wildman–Crippen LogP) is 5.13. The minimum absolute atomic E-state index is 0.0449. The number of amides is 1. The number of para-hydroxylation sites is 1. The Kier molecular flexibility index (Phi) is 5.87. The topological polar surface area (TPSA) is 34.5 Å². The number of hydrogen-bond acceptors (Lipinski definition) is 3. The minimum Gasteiger partial charge on any atom is -0.378 e. The molecule has 158 valence electrons. The van der Waals surface area contributed by atoms with Crippen LogP contribution in [0.3, 0.4) is 0 Å². The molecule has 1 atom stereocenters. The molecule has 2 aromatic heterocycles. The minimum atomic E-state index is 0.0449. The first-order valence-corrected chi connectivity index (χ1v) is 11.7. The van der Waals surface area contributed by atoms with E-state index in [1.807, 2.05) is 11.0 Å². The van der Waals surface area contributed by atoms with Crippen molar-refractivity contribution in [3.8, 4) is 0 Å². The molecule has 3 heterocycles. The third-order valence-corrected chi connectivity index (χ3v) is 6.78. The number of thiophene rings is 1. The largest absolute Gasteiger partial charge is 0.378 e. The molecule has 5 rings (SSSR count). The van der Waals surface area contributed by atoms with Crippen molar-refractivity contribution in [2.45, 2.75) is 18.9 Å². The van der Waals surface area contributed by atoms with E-state index in [2.05, 4.69) is 76.1 Å². The van der Waals surface area contributed by atoms with Crippen LogP contribution in [-0.2, 0) is 16.1 Å². The van der Waals surface area contributed by atoms with E-state index in [-0.39, 0.29) is 11.8 Å². The maximum absolute atomic E-state index is 13.2. The van der Waals surface area contributed by atoms with Crippen LogP contribution < -0.4 is 0 Å². The zero-order chi connectivity index (χ0) is 21.0. The lowest BCUT2D eigenvalue weighted by Gasteiger charge is -2.28. The third kappa shape index (κ3) is 4.29. The molecule has 0 bridgehead atoms. The van der Waals surface area contributed by atoms with Crippen LogP contribution in [0.1, 0.15) is 29.0 Å². The monoisotopic (exact) mass is 430 g/mol. The van der Waals surface area contributed by atoms with Gasteiger partial charge in [-0.1, -0.05) is 48.5 Å². The van der Waals surface area contributed by atoms with Crippen molar-refractivity contribution in [1.82, 2.24) is 9.47 Å². The molecule has 0 aliphatic carbocycles. The van der Waals surface area contributed by atoms with Crippen LogP contribution in [0.25, 0.3) is 10.9 Å². The zero-order valence-corrected chi connectivity index (χ0v) is 18.3. The van der Waals surface area contributed by atoms with Gasteiger partial charge >= 0.3 is 0 Å². The van der Waals surface area contributed by atoms with Gasteiger partial charge in [0.05, 0.1) is 13.2 Å². The first-order valence-electron chi connectivity index (χ1n) is 10.8. The average molecular weight is 431 g/mol. The fourth-order valence-electron chi connectivity index (χ4n) is 4.46. The number of nitrogens with zero attached hydrogens (tertiary/aromatic N) is 2. The molecule has 1 fully saturated rings. The van der Waals surface area contributed by atoms with E-state index in [1.165, 1.54) is 27.6 Å². The molecule has 1 unspecified atom stereocenters. The number of rotatable bonds is 6. The van der Waals surface area contributed by atoms with E-state index in [4.69, 9.17) is 4.74 Å². The quantitative estimate of drug-likeness (QED) is 0.425. The van der Waals surface area contributed by atoms with Crippen LogP contribution in [-0.4, -0.2) is 41.7 Å². The van der Waals surface area contributed by atoms with E-state index in [1.54, 1.807) is 11.3 Å². The van der Waals surface area contributed by atoms with Gasteiger partial charge in [-0.15, -0.1) is 0 Å². The smallest absolute Gasteiger partial charge is 0.223 e. The normalized spacial score (nSPS) is 15.3. The number of benzene rings is 2. The average Bonchev–Trinajstić information content (AvgIpc) is 3.48. The molecule has 1 aliphatic rings. The summed E-state index contributed by atoms with van der Waals surface area (Å²) in [6, 6.07) is 21.2. The molecule has 1 amide bonds.